The molecule has 2 aliphatic heterocycles. The van der Waals surface area contributed by atoms with Crippen LogP contribution in [0.3, 0.4) is 0 Å². The summed E-state index contributed by atoms with van der Waals surface area (Å²) in [6.45, 7) is 9.26. The monoisotopic (exact) mass is 802 g/mol. The van der Waals surface area contributed by atoms with E-state index >= 15 is 0 Å². The molecule has 0 unspecified atom stereocenters. The molecule has 298 valence electrons. The molecule has 0 aliphatic carbocycles. The first-order valence-corrected chi connectivity index (χ1v) is 21.2. The number of oxazole rings is 2. The summed E-state index contributed by atoms with van der Waals surface area (Å²) < 4.78 is 12.5. The van der Waals surface area contributed by atoms with Gasteiger partial charge in [-0.15, -0.1) is 0 Å². The van der Waals surface area contributed by atoms with E-state index in [1.165, 1.54) is 33.6 Å². The number of hydrogen-bond donors (Lipinski definition) is 0. The highest BCUT2D eigenvalue weighted by molar-refractivity contribution is 5.91. The second-order valence-electron chi connectivity index (χ2n) is 17.5. The molecule has 0 atom stereocenters. The number of fused-ring (bicyclic) bond motifs is 6. The maximum atomic E-state index is 6.26. The molecule has 0 radical (unpaired) electrons. The molecule has 8 aromatic carbocycles. The van der Waals surface area contributed by atoms with E-state index in [0.29, 0.717) is 11.8 Å². The maximum Gasteiger partial charge on any atom is 0.227 e. The molecule has 0 saturated carbocycles. The van der Waals surface area contributed by atoms with Crippen LogP contribution < -0.4 is 9.80 Å². The Hall–Kier alpha value is -7.70. The fourth-order valence-electron chi connectivity index (χ4n) is 9.87. The average Bonchev–Trinajstić information content (AvgIpc) is 3.95. The Morgan fingerprint density at radius 3 is 1.21 bits per heavy atom. The minimum absolute atomic E-state index is 0.269. The zero-order valence-electron chi connectivity index (χ0n) is 34.9. The predicted octanol–water partition coefficient (Wildman–Crippen LogP) is 15.2. The second kappa shape index (κ2) is 13.4. The molecule has 0 fully saturated rings. The van der Waals surface area contributed by atoms with Gasteiger partial charge in [0.05, 0.1) is 22.7 Å². The van der Waals surface area contributed by atoms with E-state index in [1.807, 2.05) is 48.5 Å². The van der Waals surface area contributed by atoms with E-state index in [0.717, 1.165) is 67.2 Å². The van der Waals surface area contributed by atoms with Crippen molar-refractivity contribution in [3.05, 3.63) is 204 Å². The van der Waals surface area contributed by atoms with E-state index in [4.69, 9.17) is 18.8 Å². The highest BCUT2D eigenvalue weighted by Gasteiger charge is 2.39. The van der Waals surface area contributed by atoms with Crippen LogP contribution in [0.25, 0.3) is 56.2 Å². The molecule has 10 aromatic rings. The SMILES string of the molecule is CC1(C)c2ccccc2N(c2cccc(-c3cccc(N4c5ccccc5C(C)(C)c5cc(-c6nc7ccccc7o6)ccc54)c3)c2)c2ccc(-c3nc4ccccc4o3)cc21. The number of hydrogen-bond acceptors (Lipinski definition) is 6. The summed E-state index contributed by atoms with van der Waals surface area (Å²) >= 11 is 0. The first-order valence-electron chi connectivity index (χ1n) is 21.2. The highest BCUT2D eigenvalue weighted by atomic mass is 16.4. The van der Waals surface area contributed by atoms with Gasteiger partial charge < -0.3 is 18.6 Å². The van der Waals surface area contributed by atoms with Crippen LogP contribution >= 0.6 is 0 Å². The topological polar surface area (TPSA) is 58.5 Å². The van der Waals surface area contributed by atoms with Gasteiger partial charge in [0, 0.05) is 33.3 Å². The molecule has 2 aromatic heterocycles. The van der Waals surface area contributed by atoms with Gasteiger partial charge in [0.1, 0.15) is 11.0 Å². The summed E-state index contributed by atoms with van der Waals surface area (Å²) in [5, 5.41) is 0. The van der Waals surface area contributed by atoms with Crippen LogP contribution in [-0.4, -0.2) is 9.97 Å². The van der Waals surface area contributed by atoms with Crippen molar-refractivity contribution in [3.63, 3.8) is 0 Å². The molecule has 0 N–H and O–H groups in total. The number of rotatable bonds is 5. The zero-order chi connectivity index (χ0) is 41.7. The van der Waals surface area contributed by atoms with Crippen molar-refractivity contribution in [1.29, 1.82) is 0 Å². The Morgan fingerprint density at radius 2 is 0.758 bits per heavy atom. The fraction of sp³-hybridized carbons (Fsp3) is 0.107. The van der Waals surface area contributed by atoms with Crippen LogP contribution in [-0.2, 0) is 10.8 Å². The van der Waals surface area contributed by atoms with Gasteiger partial charge in [0.2, 0.25) is 11.8 Å². The number of nitrogens with zero attached hydrogens (tertiary/aromatic N) is 4. The molecule has 0 bridgehead atoms. The lowest BCUT2D eigenvalue weighted by molar-refractivity contribution is 0.615. The minimum Gasteiger partial charge on any atom is -0.436 e. The molecular formula is C56H42N4O2. The van der Waals surface area contributed by atoms with Gasteiger partial charge in [0.25, 0.3) is 0 Å². The predicted molar refractivity (Wildman–Crippen MR) is 252 cm³/mol. The second-order valence-corrected chi connectivity index (χ2v) is 17.5. The Kier molecular flexibility index (Phi) is 7.82. The lowest BCUT2D eigenvalue weighted by Gasteiger charge is -2.42. The average molecular weight is 803 g/mol. The lowest BCUT2D eigenvalue weighted by atomic mass is 9.73. The summed E-state index contributed by atoms with van der Waals surface area (Å²) in [5.74, 6) is 1.26. The Labute approximate surface area is 360 Å². The molecule has 0 saturated heterocycles. The number of para-hydroxylation sites is 6. The zero-order valence-corrected chi connectivity index (χ0v) is 34.9. The van der Waals surface area contributed by atoms with E-state index in [-0.39, 0.29) is 10.8 Å². The van der Waals surface area contributed by atoms with Crippen LogP contribution in [0.5, 0.6) is 0 Å². The van der Waals surface area contributed by atoms with Crippen molar-refractivity contribution >= 4 is 56.3 Å². The third-order valence-electron chi connectivity index (χ3n) is 13.1. The molecule has 0 spiro atoms. The molecule has 2 aliphatic rings. The maximum absolute atomic E-state index is 6.26. The minimum atomic E-state index is -0.269. The third-order valence-corrected chi connectivity index (χ3v) is 13.1. The normalized spacial score (nSPS) is 14.6. The quantitative estimate of drug-likeness (QED) is 0.173. The van der Waals surface area contributed by atoms with E-state index in [9.17, 15) is 0 Å². The van der Waals surface area contributed by atoms with Crippen LogP contribution in [0.15, 0.2) is 191 Å². The number of anilines is 6. The van der Waals surface area contributed by atoms with Crippen molar-refractivity contribution in [2.24, 2.45) is 0 Å². The van der Waals surface area contributed by atoms with Crippen LogP contribution in [0.1, 0.15) is 49.9 Å². The van der Waals surface area contributed by atoms with Gasteiger partial charge in [-0.3, -0.25) is 0 Å². The van der Waals surface area contributed by atoms with Crippen LogP contribution in [0.4, 0.5) is 34.1 Å². The van der Waals surface area contributed by atoms with Gasteiger partial charge in [0.15, 0.2) is 11.2 Å². The van der Waals surface area contributed by atoms with Crippen molar-refractivity contribution in [3.8, 4) is 34.0 Å². The Bertz CT molecular complexity index is 3120. The van der Waals surface area contributed by atoms with Gasteiger partial charge in [-0.1, -0.05) is 113 Å². The first kappa shape index (κ1) is 36.2. The summed E-state index contributed by atoms with van der Waals surface area (Å²) in [6, 6.07) is 64.6. The molecule has 0 amide bonds. The summed E-state index contributed by atoms with van der Waals surface area (Å²) in [6.07, 6.45) is 0. The summed E-state index contributed by atoms with van der Waals surface area (Å²) in [4.78, 5) is 14.5. The van der Waals surface area contributed by atoms with E-state index in [1.54, 1.807) is 0 Å². The van der Waals surface area contributed by atoms with Crippen LogP contribution in [0.2, 0.25) is 0 Å². The first-order chi connectivity index (χ1) is 30.2. The Morgan fingerprint density at radius 1 is 0.355 bits per heavy atom. The summed E-state index contributed by atoms with van der Waals surface area (Å²) in [7, 11) is 0. The lowest BCUT2D eigenvalue weighted by Crippen LogP contribution is -2.30. The molecular weight excluding hydrogens is 761 g/mol. The van der Waals surface area contributed by atoms with Crippen molar-refractivity contribution in [1.82, 2.24) is 9.97 Å². The number of benzene rings is 8. The standard InChI is InChI=1S/C56H42N4O2/c1-55(2)41-19-5-9-23-47(41)59(49-29-27-37(33-43(49)55)53-57-45-21-7-11-25-51(45)61-53)39-17-13-15-35(31-39)36-16-14-18-40(32-36)60-48-24-10-6-20-42(48)56(3,4)44-34-38(28-30-50(44)60)54-58-46-22-8-12-26-52(46)62-54/h5-34H,1-4H3. The third kappa shape index (κ3) is 5.49. The molecule has 62 heavy (non-hydrogen) atoms. The fourth-order valence-corrected chi connectivity index (χ4v) is 9.87. The van der Waals surface area contributed by atoms with Gasteiger partial charge >= 0.3 is 0 Å². The van der Waals surface area contributed by atoms with Crippen LogP contribution in [0, 0.1) is 0 Å². The molecule has 4 heterocycles. The summed E-state index contributed by atoms with van der Waals surface area (Å²) in [5.41, 5.74) is 18.7. The van der Waals surface area contributed by atoms with Crippen molar-refractivity contribution in [2.75, 3.05) is 9.80 Å². The molecule has 12 rings (SSSR count). The van der Waals surface area contributed by atoms with Crippen molar-refractivity contribution in [2.45, 2.75) is 38.5 Å². The van der Waals surface area contributed by atoms with Gasteiger partial charge in [-0.05, 0) is 130 Å². The van der Waals surface area contributed by atoms with E-state index in [2.05, 4.69) is 171 Å². The van der Waals surface area contributed by atoms with Gasteiger partial charge in [-0.2, -0.15) is 0 Å². The smallest absolute Gasteiger partial charge is 0.227 e. The number of aromatic nitrogens is 2. The molecule has 6 heteroatoms. The van der Waals surface area contributed by atoms with Gasteiger partial charge in [-0.25, -0.2) is 9.97 Å². The van der Waals surface area contributed by atoms with Crippen molar-refractivity contribution < 1.29 is 8.83 Å². The Balaban J connectivity index is 0.956. The largest absolute Gasteiger partial charge is 0.436 e. The highest BCUT2D eigenvalue weighted by Crippen LogP contribution is 2.55. The van der Waals surface area contributed by atoms with E-state index < -0.39 is 0 Å². The molecule has 6 nitrogen and oxygen atoms in total.